The molecule has 0 aliphatic carbocycles. The van der Waals surface area contributed by atoms with Crippen LogP contribution in [0.2, 0.25) is 0 Å². The van der Waals surface area contributed by atoms with Crippen molar-refractivity contribution in [1.29, 1.82) is 0 Å². The number of ether oxygens (including phenoxy) is 1. The van der Waals surface area contributed by atoms with E-state index in [1.807, 2.05) is 35.2 Å². The molecule has 8 heteroatoms. The first-order valence-corrected chi connectivity index (χ1v) is 11.1. The zero-order chi connectivity index (χ0) is 22.1. The van der Waals surface area contributed by atoms with E-state index in [4.69, 9.17) is 4.74 Å². The number of methoxy groups -OCH3 is 1. The van der Waals surface area contributed by atoms with Crippen molar-refractivity contribution in [3.05, 3.63) is 54.1 Å². The van der Waals surface area contributed by atoms with Crippen LogP contribution in [0.3, 0.4) is 0 Å². The van der Waals surface area contributed by atoms with Gasteiger partial charge >= 0.3 is 0 Å². The Morgan fingerprint density at radius 3 is 2.78 bits per heavy atom. The molecule has 2 unspecified atom stereocenters. The Morgan fingerprint density at radius 2 is 2.00 bits per heavy atom. The Morgan fingerprint density at radius 1 is 1.16 bits per heavy atom. The maximum atomic E-state index is 13.3. The molecule has 2 amide bonds. The van der Waals surface area contributed by atoms with Gasteiger partial charge in [-0.25, -0.2) is 4.98 Å². The highest BCUT2D eigenvalue weighted by Crippen LogP contribution is 2.29. The van der Waals surface area contributed by atoms with E-state index in [0.717, 1.165) is 47.4 Å². The van der Waals surface area contributed by atoms with Crippen LogP contribution in [0.15, 0.2) is 42.7 Å². The van der Waals surface area contributed by atoms with Gasteiger partial charge in [-0.1, -0.05) is 12.1 Å². The Bertz CT molecular complexity index is 1090. The minimum atomic E-state index is -0.362. The molecule has 2 aromatic heterocycles. The number of likely N-dealkylation sites (tertiary alicyclic amines) is 2. The maximum Gasteiger partial charge on any atom is 0.245 e. The smallest absolute Gasteiger partial charge is 0.245 e. The molecule has 2 aliphatic rings. The highest BCUT2D eigenvalue weighted by atomic mass is 16.5. The standard InChI is InChI=1S/C24H27N5O3/c1-32-18-6-4-16(5-7-18)13-22(30)29-11-2-3-21(29)24(31)28-12-9-17(15-28)23-26-19-8-10-25-14-20(19)27-23/h4-8,10,14,17,21H,2-3,9,11-13,15H2,1H3,(H,26,27). The fraction of sp³-hybridized carbons (Fsp3) is 0.417. The summed E-state index contributed by atoms with van der Waals surface area (Å²) in [5, 5.41) is 0. The van der Waals surface area contributed by atoms with E-state index in [0.29, 0.717) is 26.1 Å². The Balaban J connectivity index is 1.23. The molecule has 8 nitrogen and oxygen atoms in total. The van der Waals surface area contributed by atoms with Gasteiger partial charge in [0.15, 0.2) is 0 Å². The molecule has 0 spiro atoms. The molecule has 5 rings (SSSR count). The number of H-pyrrole nitrogens is 1. The van der Waals surface area contributed by atoms with Gasteiger partial charge in [-0.15, -0.1) is 0 Å². The molecule has 2 atom stereocenters. The van der Waals surface area contributed by atoms with E-state index < -0.39 is 0 Å². The lowest BCUT2D eigenvalue weighted by molar-refractivity contribution is -0.142. The van der Waals surface area contributed by atoms with Gasteiger partial charge in [-0.2, -0.15) is 0 Å². The summed E-state index contributed by atoms with van der Waals surface area (Å²) in [6, 6.07) is 9.04. The summed E-state index contributed by atoms with van der Waals surface area (Å²) in [6.45, 7) is 1.96. The average molecular weight is 434 g/mol. The third-order valence-electron chi connectivity index (χ3n) is 6.56. The first kappa shape index (κ1) is 20.5. The summed E-state index contributed by atoms with van der Waals surface area (Å²) in [6.07, 6.45) is 6.25. The number of amides is 2. The number of carbonyl (C=O) groups excluding carboxylic acids is 2. The number of aromatic nitrogens is 3. The minimum Gasteiger partial charge on any atom is -0.497 e. The molecule has 0 saturated carbocycles. The summed E-state index contributed by atoms with van der Waals surface area (Å²) >= 11 is 0. The van der Waals surface area contributed by atoms with Crippen molar-refractivity contribution in [2.75, 3.05) is 26.7 Å². The van der Waals surface area contributed by atoms with Crippen molar-refractivity contribution >= 4 is 22.8 Å². The van der Waals surface area contributed by atoms with Gasteiger partial charge in [0.2, 0.25) is 11.8 Å². The van der Waals surface area contributed by atoms with Crippen molar-refractivity contribution in [1.82, 2.24) is 24.8 Å². The SMILES string of the molecule is COc1ccc(CC(=O)N2CCCC2C(=O)N2CCC(c3nc4ccncc4[nH]3)C2)cc1. The third-order valence-corrected chi connectivity index (χ3v) is 6.56. The van der Waals surface area contributed by atoms with E-state index in [9.17, 15) is 9.59 Å². The number of benzene rings is 1. The summed E-state index contributed by atoms with van der Waals surface area (Å²) < 4.78 is 5.18. The van der Waals surface area contributed by atoms with E-state index in [2.05, 4.69) is 15.0 Å². The van der Waals surface area contributed by atoms with Crippen molar-refractivity contribution in [2.24, 2.45) is 0 Å². The first-order chi connectivity index (χ1) is 15.6. The van der Waals surface area contributed by atoms with Crippen LogP contribution in [0.25, 0.3) is 11.0 Å². The number of aromatic amines is 1. The normalized spacial score (nSPS) is 20.8. The predicted molar refractivity (Wildman–Crippen MR) is 119 cm³/mol. The number of nitrogens with one attached hydrogen (secondary N) is 1. The summed E-state index contributed by atoms with van der Waals surface area (Å²) in [5.41, 5.74) is 2.73. The predicted octanol–water partition coefficient (Wildman–Crippen LogP) is 2.52. The molecule has 2 saturated heterocycles. The molecule has 4 heterocycles. The second-order valence-corrected chi connectivity index (χ2v) is 8.55. The largest absolute Gasteiger partial charge is 0.497 e. The van der Waals surface area contributed by atoms with E-state index >= 15 is 0 Å². The molecule has 1 N–H and O–H groups in total. The highest BCUT2D eigenvalue weighted by Gasteiger charge is 2.39. The summed E-state index contributed by atoms with van der Waals surface area (Å²) in [4.78, 5) is 42.1. The molecule has 166 valence electrons. The molecule has 0 bridgehead atoms. The summed E-state index contributed by atoms with van der Waals surface area (Å²) in [7, 11) is 1.62. The Hall–Kier alpha value is -3.42. The third kappa shape index (κ3) is 3.92. The molecular formula is C24H27N5O3. The number of fused-ring (bicyclic) bond motifs is 1. The van der Waals surface area contributed by atoms with Gasteiger partial charge in [0.25, 0.3) is 0 Å². The van der Waals surface area contributed by atoms with E-state index in [1.165, 1.54) is 0 Å². The van der Waals surface area contributed by atoms with Crippen LogP contribution in [0.1, 0.15) is 36.6 Å². The topological polar surface area (TPSA) is 91.4 Å². The lowest BCUT2D eigenvalue weighted by atomic mass is 10.1. The number of hydrogen-bond acceptors (Lipinski definition) is 5. The molecule has 32 heavy (non-hydrogen) atoms. The number of pyridine rings is 1. The number of imidazole rings is 1. The lowest BCUT2D eigenvalue weighted by Gasteiger charge is -2.28. The van der Waals surface area contributed by atoms with Crippen molar-refractivity contribution in [2.45, 2.75) is 37.6 Å². The van der Waals surface area contributed by atoms with Gasteiger partial charge in [0.1, 0.15) is 17.6 Å². The van der Waals surface area contributed by atoms with Gasteiger partial charge < -0.3 is 19.5 Å². The van der Waals surface area contributed by atoms with Crippen molar-refractivity contribution < 1.29 is 14.3 Å². The van der Waals surface area contributed by atoms with Crippen molar-refractivity contribution in [3.63, 3.8) is 0 Å². The quantitative estimate of drug-likeness (QED) is 0.668. The van der Waals surface area contributed by atoms with Crippen LogP contribution in [-0.2, 0) is 16.0 Å². The van der Waals surface area contributed by atoms with Crippen LogP contribution >= 0.6 is 0 Å². The second-order valence-electron chi connectivity index (χ2n) is 8.55. The molecule has 2 fully saturated rings. The number of carbonyl (C=O) groups is 2. The van der Waals surface area contributed by atoms with Crippen LogP contribution < -0.4 is 4.74 Å². The molecule has 3 aromatic rings. The van der Waals surface area contributed by atoms with Crippen LogP contribution in [-0.4, -0.2) is 69.4 Å². The fourth-order valence-electron chi connectivity index (χ4n) is 4.81. The molecular weight excluding hydrogens is 406 g/mol. The maximum absolute atomic E-state index is 13.3. The van der Waals surface area contributed by atoms with Gasteiger partial charge in [0.05, 0.1) is 30.8 Å². The van der Waals surface area contributed by atoms with Crippen LogP contribution in [0, 0.1) is 0 Å². The van der Waals surface area contributed by atoms with Gasteiger partial charge in [0, 0.05) is 31.7 Å². The average Bonchev–Trinajstić information content (AvgIpc) is 3.58. The lowest BCUT2D eigenvalue weighted by Crippen LogP contribution is -2.47. The zero-order valence-electron chi connectivity index (χ0n) is 18.2. The first-order valence-electron chi connectivity index (χ1n) is 11.1. The molecule has 2 aliphatic heterocycles. The molecule has 0 radical (unpaired) electrons. The summed E-state index contributed by atoms with van der Waals surface area (Å²) in [5.74, 6) is 1.91. The van der Waals surface area contributed by atoms with Gasteiger partial charge in [-0.05, 0) is 43.0 Å². The zero-order valence-corrected chi connectivity index (χ0v) is 18.2. The second kappa shape index (κ2) is 8.61. The van der Waals surface area contributed by atoms with E-state index in [1.54, 1.807) is 24.4 Å². The van der Waals surface area contributed by atoms with Crippen LogP contribution in [0.5, 0.6) is 5.75 Å². The highest BCUT2D eigenvalue weighted by molar-refractivity contribution is 5.89. The minimum absolute atomic E-state index is 0.00606. The van der Waals surface area contributed by atoms with Crippen LogP contribution in [0.4, 0.5) is 0 Å². The fourth-order valence-corrected chi connectivity index (χ4v) is 4.81. The molecule has 1 aromatic carbocycles. The monoisotopic (exact) mass is 433 g/mol. The van der Waals surface area contributed by atoms with Crippen molar-refractivity contribution in [3.8, 4) is 5.75 Å². The number of nitrogens with zero attached hydrogens (tertiary/aromatic N) is 4. The number of rotatable bonds is 5. The Labute approximate surface area is 186 Å². The number of hydrogen-bond donors (Lipinski definition) is 1. The Kier molecular flexibility index (Phi) is 5.51. The van der Waals surface area contributed by atoms with Gasteiger partial charge in [-0.3, -0.25) is 14.6 Å². The van der Waals surface area contributed by atoms with E-state index in [-0.39, 0.29) is 23.8 Å².